The van der Waals surface area contributed by atoms with Crippen molar-refractivity contribution in [3.8, 4) is 5.88 Å². The van der Waals surface area contributed by atoms with Crippen LogP contribution in [-0.2, 0) is 16.0 Å². The molecule has 176 valence electrons. The molecule has 32 heavy (non-hydrogen) atoms. The lowest BCUT2D eigenvalue weighted by Gasteiger charge is -2.30. The van der Waals surface area contributed by atoms with E-state index in [-0.39, 0.29) is 24.5 Å². The fourth-order valence-electron chi connectivity index (χ4n) is 3.46. The van der Waals surface area contributed by atoms with Gasteiger partial charge >= 0.3 is 5.69 Å². The summed E-state index contributed by atoms with van der Waals surface area (Å²) in [4.78, 5) is 40.6. The molecule has 0 spiro atoms. The highest BCUT2D eigenvalue weighted by molar-refractivity contribution is 5.94. The SMILES string of the molecule is CC(C)CCC(=O)N([C@@H](CCCc1ccccc1)C(=O)NO)n1c(O)c([C@@H](C)O)[nH]c1=O. The normalized spacial score (nSPS) is 13.1. The number of benzene rings is 1. The molecule has 0 aliphatic carbocycles. The summed E-state index contributed by atoms with van der Waals surface area (Å²) in [5.74, 6) is -1.93. The zero-order valence-electron chi connectivity index (χ0n) is 18.6. The molecule has 10 heteroatoms. The summed E-state index contributed by atoms with van der Waals surface area (Å²) in [5.41, 5.74) is 1.54. The van der Waals surface area contributed by atoms with Crippen LogP contribution in [0, 0.1) is 5.92 Å². The number of aromatic nitrogens is 2. The minimum absolute atomic E-state index is 0.0205. The lowest BCUT2D eigenvalue weighted by Crippen LogP contribution is -2.57. The van der Waals surface area contributed by atoms with Crippen molar-refractivity contribution in [2.75, 3.05) is 5.01 Å². The summed E-state index contributed by atoms with van der Waals surface area (Å²) >= 11 is 0. The number of aromatic hydroxyl groups is 1. The molecule has 2 aromatic rings. The second kappa shape index (κ2) is 11.5. The van der Waals surface area contributed by atoms with Gasteiger partial charge in [-0.2, -0.15) is 4.68 Å². The van der Waals surface area contributed by atoms with Crippen molar-refractivity contribution in [1.82, 2.24) is 15.1 Å². The molecule has 0 fully saturated rings. The highest BCUT2D eigenvalue weighted by Crippen LogP contribution is 2.23. The third-order valence-corrected chi connectivity index (χ3v) is 5.19. The van der Waals surface area contributed by atoms with Crippen LogP contribution in [0.1, 0.15) is 63.8 Å². The standard InChI is InChI=1S/C22H32N4O6/c1-14(2)12-13-18(28)25(26-21(30)19(15(3)27)23-22(26)31)17(20(29)24-32)11-7-10-16-8-5-4-6-9-16/h4-6,8-9,14-15,17,27,30,32H,7,10-13H2,1-3H3,(H,23,31)(H,24,29)/t15-,17+/m1/s1. The molecule has 5 N–H and O–H groups in total. The fraction of sp³-hybridized carbons (Fsp3) is 0.500. The van der Waals surface area contributed by atoms with Gasteiger partial charge in [0.15, 0.2) is 0 Å². The molecule has 0 unspecified atom stereocenters. The summed E-state index contributed by atoms with van der Waals surface area (Å²) in [6.45, 7) is 5.21. The lowest BCUT2D eigenvalue weighted by atomic mass is 10.0. The van der Waals surface area contributed by atoms with Gasteiger partial charge in [-0.3, -0.25) is 14.8 Å². The van der Waals surface area contributed by atoms with Gasteiger partial charge in [0.2, 0.25) is 11.8 Å². The van der Waals surface area contributed by atoms with E-state index in [2.05, 4.69) is 4.98 Å². The smallest absolute Gasteiger partial charge is 0.348 e. The number of nitrogens with one attached hydrogen (secondary N) is 2. The van der Waals surface area contributed by atoms with E-state index in [1.54, 1.807) is 5.48 Å². The number of nitrogens with zero attached hydrogens (tertiary/aromatic N) is 2. The number of carbonyl (C=O) groups excluding carboxylic acids is 2. The van der Waals surface area contributed by atoms with Crippen LogP contribution in [-0.4, -0.2) is 42.9 Å². The van der Waals surface area contributed by atoms with Gasteiger partial charge in [-0.1, -0.05) is 44.2 Å². The van der Waals surface area contributed by atoms with Crippen molar-refractivity contribution in [3.63, 3.8) is 0 Å². The molecule has 1 aromatic heterocycles. The highest BCUT2D eigenvalue weighted by Gasteiger charge is 2.35. The topological polar surface area (TPSA) is 148 Å². The first-order chi connectivity index (χ1) is 15.2. The van der Waals surface area contributed by atoms with E-state index >= 15 is 0 Å². The molecule has 0 saturated carbocycles. The van der Waals surface area contributed by atoms with Gasteiger partial charge in [-0.15, -0.1) is 0 Å². The number of aromatic amines is 1. The Morgan fingerprint density at radius 1 is 1.16 bits per heavy atom. The number of aryl methyl sites for hydroxylation is 1. The molecule has 0 radical (unpaired) electrons. The zero-order chi connectivity index (χ0) is 23.8. The van der Waals surface area contributed by atoms with E-state index in [4.69, 9.17) is 0 Å². The number of hydrogen-bond donors (Lipinski definition) is 5. The van der Waals surface area contributed by atoms with Crippen molar-refractivity contribution in [1.29, 1.82) is 0 Å². The lowest BCUT2D eigenvalue weighted by molar-refractivity contribution is -0.134. The summed E-state index contributed by atoms with van der Waals surface area (Å²) in [6.07, 6.45) is 0.508. The third-order valence-electron chi connectivity index (χ3n) is 5.19. The van der Waals surface area contributed by atoms with Crippen LogP contribution < -0.4 is 16.2 Å². The number of amides is 2. The van der Waals surface area contributed by atoms with Crippen LogP contribution in [0.15, 0.2) is 35.1 Å². The van der Waals surface area contributed by atoms with Gasteiger partial charge < -0.3 is 15.2 Å². The van der Waals surface area contributed by atoms with Gasteiger partial charge in [0.1, 0.15) is 11.7 Å². The summed E-state index contributed by atoms with van der Waals surface area (Å²) in [6, 6.07) is 8.29. The van der Waals surface area contributed by atoms with E-state index in [0.29, 0.717) is 23.9 Å². The van der Waals surface area contributed by atoms with E-state index in [1.165, 1.54) is 6.92 Å². The monoisotopic (exact) mass is 448 g/mol. The highest BCUT2D eigenvalue weighted by atomic mass is 16.5. The average molecular weight is 449 g/mol. The van der Waals surface area contributed by atoms with Crippen LogP contribution in [0.4, 0.5) is 0 Å². The van der Waals surface area contributed by atoms with Gasteiger partial charge in [0, 0.05) is 6.42 Å². The Kier molecular flexibility index (Phi) is 9.03. The molecule has 0 aliphatic heterocycles. The minimum Gasteiger partial charge on any atom is -0.492 e. The Balaban J connectivity index is 2.42. The molecule has 0 saturated heterocycles. The van der Waals surface area contributed by atoms with Crippen LogP contribution in [0.25, 0.3) is 0 Å². The second-order valence-electron chi connectivity index (χ2n) is 8.20. The molecule has 0 aliphatic rings. The Bertz CT molecular complexity index is 951. The van der Waals surface area contributed by atoms with E-state index in [1.807, 2.05) is 44.2 Å². The quantitative estimate of drug-likeness (QED) is 0.261. The van der Waals surface area contributed by atoms with E-state index in [9.17, 15) is 29.8 Å². The van der Waals surface area contributed by atoms with Gasteiger partial charge in [-0.25, -0.2) is 15.3 Å². The molecular formula is C22H32N4O6. The third kappa shape index (κ3) is 6.21. The number of hydrogen-bond acceptors (Lipinski definition) is 6. The average Bonchev–Trinajstić information content (AvgIpc) is 3.06. The van der Waals surface area contributed by atoms with E-state index < -0.39 is 35.5 Å². The number of carbonyl (C=O) groups is 2. The predicted molar refractivity (Wildman–Crippen MR) is 118 cm³/mol. The van der Waals surface area contributed by atoms with Gasteiger partial charge in [-0.05, 0) is 44.1 Å². The van der Waals surface area contributed by atoms with Crippen molar-refractivity contribution >= 4 is 11.8 Å². The number of aliphatic hydroxyl groups excluding tert-OH is 1. The first-order valence-electron chi connectivity index (χ1n) is 10.7. The fourth-order valence-corrected chi connectivity index (χ4v) is 3.46. The first-order valence-corrected chi connectivity index (χ1v) is 10.7. The zero-order valence-corrected chi connectivity index (χ0v) is 18.6. The minimum atomic E-state index is -1.26. The van der Waals surface area contributed by atoms with Crippen molar-refractivity contribution < 1.29 is 25.0 Å². The largest absolute Gasteiger partial charge is 0.492 e. The Labute approximate surface area is 186 Å². The number of hydroxylamine groups is 1. The molecule has 2 rings (SSSR count). The number of aliphatic hydroxyl groups is 1. The first kappa shape index (κ1) is 25.2. The molecule has 1 heterocycles. The maximum atomic E-state index is 13.1. The van der Waals surface area contributed by atoms with Crippen LogP contribution in [0.3, 0.4) is 0 Å². The maximum absolute atomic E-state index is 13.1. The Morgan fingerprint density at radius 3 is 2.34 bits per heavy atom. The Hall–Kier alpha value is -3.11. The molecule has 1 aromatic carbocycles. The number of rotatable bonds is 11. The molecular weight excluding hydrogens is 416 g/mol. The molecule has 10 nitrogen and oxygen atoms in total. The van der Waals surface area contributed by atoms with Crippen molar-refractivity contribution in [2.45, 2.75) is 65.0 Å². The van der Waals surface area contributed by atoms with Crippen LogP contribution in [0.2, 0.25) is 0 Å². The summed E-state index contributed by atoms with van der Waals surface area (Å²) in [7, 11) is 0. The second-order valence-corrected chi connectivity index (χ2v) is 8.20. The van der Waals surface area contributed by atoms with Crippen LogP contribution in [0.5, 0.6) is 5.88 Å². The predicted octanol–water partition coefficient (Wildman–Crippen LogP) is 1.73. The maximum Gasteiger partial charge on any atom is 0.348 e. The summed E-state index contributed by atoms with van der Waals surface area (Å²) < 4.78 is 0.660. The van der Waals surface area contributed by atoms with Gasteiger partial charge in [0.25, 0.3) is 5.91 Å². The number of H-pyrrole nitrogens is 1. The van der Waals surface area contributed by atoms with Crippen molar-refractivity contribution in [2.24, 2.45) is 5.92 Å². The number of imidazole rings is 1. The Morgan fingerprint density at radius 2 is 1.81 bits per heavy atom. The van der Waals surface area contributed by atoms with Gasteiger partial charge in [0.05, 0.1) is 6.10 Å². The molecule has 2 atom stereocenters. The van der Waals surface area contributed by atoms with Crippen molar-refractivity contribution in [3.05, 3.63) is 52.1 Å². The van der Waals surface area contributed by atoms with E-state index in [0.717, 1.165) is 10.6 Å². The summed E-state index contributed by atoms with van der Waals surface area (Å²) in [5, 5.41) is 30.6. The molecule has 0 bridgehead atoms. The molecule has 2 amide bonds. The van der Waals surface area contributed by atoms with Crippen LogP contribution >= 0.6 is 0 Å².